The fourth-order valence-corrected chi connectivity index (χ4v) is 5.33. The van der Waals surface area contributed by atoms with Crippen LogP contribution in [0.4, 0.5) is 10.1 Å². The van der Waals surface area contributed by atoms with Crippen molar-refractivity contribution in [2.24, 2.45) is 0 Å². The number of halogens is 1. The van der Waals surface area contributed by atoms with Crippen molar-refractivity contribution in [2.45, 2.75) is 17.7 Å². The molecule has 1 heterocycles. The average Bonchev–Trinajstić information content (AvgIpc) is 3.28. The van der Waals surface area contributed by atoms with Crippen LogP contribution in [0.3, 0.4) is 0 Å². The zero-order valence-corrected chi connectivity index (χ0v) is 17.9. The second kappa shape index (κ2) is 9.73. The molecule has 1 aromatic heterocycles. The Labute approximate surface area is 179 Å². The quantitative estimate of drug-likeness (QED) is 0.540. The van der Waals surface area contributed by atoms with Crippen LogP contribution in [-0.2, 0) is 21.4 Å². The van der Waals surface area contributed by atoms with E-state index in [4.69, 9.17) is 4.74 Å². The monoisotopic (exact) mass is 448 g/mol. The first kappa shape index (κ1) is 21.8. The summed E-state index contributed by atoms with van der Waals surface area (Å²) in [5, 5.41) is 4.30. The first-order chi connectivity index (χ1) is 14.4. The SMILES string of the molecule is CCOc1ccccc1CNC(=O)CN(c1ccccc1F)S(=O)(=O)c1cccs1. The Morgan fingerprint density at radius 2 is 1.83 bits per heavy atom. The number of carbonyl (C=O) groups excluding carboxylic acids is 1. The van der Waals surface area contributed by atoms with E-state index in [1.807, 2.05) is 25.1 Å². The van der Waals surface area contributed by atoms with E-state index in [0.29, 0.717) is 12.4 Å². The molecule has 0 fully saturated rings. The lowest BCUT2D eigenvalue weighted by atomic mass is 10.2. The standard InChI is InChI=1S/C21H21FN2O4S2/c1-2-28-19-11-6-3-8-16(19)14-23-20(25)15-24(18-10-5-4-9-17(18)22)30(26,27)21-12-7-13-29-21/h3-13H,2,14-15H2,1H3,(H,23,25). The molecule has 30 heavy (non-hydrogen) atoms. The fourth-order valence-electron chi connectivity index (χ4n) is 2.80. The predicted molar refractivity (Wildman–Crippen MR) is 115 cm³/mol. The van der Waals surface area contributed by atoms with Gasteiger partial charge in [0.25, 0.3) is 10.0 Å². The van der Waals surface area contributed by atoms with Crippen LogP contribution in [0.15, 0.2) is 70.3 Å². The summed E-state index contributed by atoms with van der Waals surface area (Å²) in [5.74, 6) is -0.658. The van der Waals surface area contributed by atoms with Gasteiger partial charge in [-0.1, -0.05) is 36.4 Å². The van der Waals surface area contributed by atoms with Crippen molar-refractivity contribution >= 4 is 33.0 Å². The van der Waals surface area contributed by atoms with Crippen molar-refractivity contribution in [2.75, 3.05) is 17.5 Å². The third-order valence-corrected chi connectivity index (χ3v) is 7.33. The molecule has 0 aliphatic rings. The Morgan fingerprint density at radius 3 is 2.53 bits per heavy atom. The maximum absolute atomic E-state index is 14.4. The van der Waals surface area contributed by atoms with Crippen LogP contribution in [0, 0.1) is 5.82 Å². The summed E-state index contributed by atoms with van der Waals surface area (Å²) in [4.78, 5) is 12.6. The number of hydrogen-bond donors (Lipinski definition) is 1. The van der Waals surface area contributed by atoms with Crippen LogP contribution in [0.1, 0.15) is 12.5 Å². The van der Waals surface area contributed by atoms with Gasteiger partial charge in [-0.15, -0.1) is 11.3 Å². The number of nitrogens with zero attached hydrogens (tertiary/aromatic N) is 1. The zero-order valence-electron chi connectivity index (χ0n) is 16.2. The second-order valence-corrected chi connectivity index (χ2v) is 9.25. The number of carbonyl (C=O) groups is 1. The number of amides is 1. The van der Waals surface area contributed by atoms with Gasteiger partial charge in [-0.3, -0.25) is 9.10 Å². The van der Waals surface area contributed by atoms with E-state index in [1.165, 1.54) is 24.3 Å². The first-order valence-corrected chi connectivity index (χ1v) is 11.5. The lowest BCUT2D eigenvalue weighted by molar-refractivity contribution is -0.119. The van der Waals surface area contributed by atoms with Gasteiger partial charge < -0.3 is 10.1 Å². The Balaban J connectivity index is 1.82. The highest BCUT2D eigenvalue weighted by Crippen LogP contribution is 2.28. The van der Waals surface area contributed by atoms with Gasteiger partial charge in [-0.25, -0.2) is 12.8 Å². The lowest BCUT2D eigenvalue weighted by Gasteiger charge is -2.23. The molecule has 158 valence electrons. The third-order valence-electron chi connectivity index (χ3n) is 4.20. The minimum atomic E-state index is -4.10. The summed E-state index contributed by atoms with van der Waals surface area (Å²) < 4.78 is 46.9. The number of benzene rings is 2. The number of para-hydroxylation sites is 2. The Hall–Kier alpha value is -2.91. The van der Waals surface area contributed by atoms with Crippen LogP contribution in [0.25, 0.3) is 0 Å². The van der Waals surface area contributed by atoms with Crippen molar-refractivity contribution in [3.05, 3.63) is 77.4 Å². The van der Waals surface area contributed by atoms with E-state index in [9.17, 15) is 17.6 Å². The summed E-state index contributed by atoms with van der Waals surface area (Å²) >= 11 is 1.00. The summed E-state index contributed by atoms with van der Waals surface area (Å²) in [6, 6.07) is 15.7. The molecule has 0 saturated carbocycles. The van der Waals surface area contributed by atoms with Gasteiger partial charge in [0.2, 0.25) is 5.91 Å². The predicted octanol–water partition coefficient (Wildman–Crippen LogP) is 3.80. The number of sulfonamides is 1. The first-order valence-electron chi connectivity index (χ1n) is 9.21. The van der Waals surface area contributed by atoms with Gasteiger partial charge in [-0.2, -0.15) is 0 Å². The maximum Gasteiger partial charge on any atom is 0.274 e. The molecule has 0 atom stereocenters. The molecule has 0 radical (unpaired) electrons. The van der Waals surface area contributed by atoms with Crippen LogP contribution in [-0.4, -0.2) is 27.5 Å². The zero-order chi connectivity index (χ0) is 21.6. The molecule has 3 rings (SSSR count). The number of hydrogen-bond acceptors (Lipinski definition) is 5. The highest BCUT2D eigenvalue weighted by molar-refractivity contribution is 7.94. The summed E-state index contributed by atoms with van der Waals surface area (Å²) in [7, 11) is -4.10. The molecule has 9 heteroatoms. The Bertz CT molecular complexity index is 1100. The molecule has 0 aliphatic carbocycles. The molecule has 0 aliphatic heterocycles. The lowest BCUT2D eigenvalue weighted by Crippen LogP contribution is -2.40. The van der Waals surface area contributed by atoms with Crippen LogP contribution < -0.4 is 14.4 Å². The number of nitrogens with one attached hydrogen (secondary N) is 1. The van der Waals surface area contributed by atoms with Gasteiger partial charge in [0.15, 0.2) is 0 Å². The number of rotatable bonds is 9. The molecule has 1 N–H and O–H groups in total. The Morgan fingerprint density at radius 1 is 1.10 bits per heavy atom. The molecule has 0 spiro atoms. The van der Waals surface area contributed by atoms with Crippen LogP contribution in [0.2, 0.25) is 0 Å². The van der Waals surface area contributed by atoms with Gasteiger partial charge in [0.1, 0.15) is 22.3 Å². The normalized spacial score (nSPS) is 11.1. The third kappa shape index (κ3) is 4.98. The molecule has 3 aromatic rings. The molecule has 1 amide bonds. The molecule has 0 bridgehead atoms. The van der Waals surface area contributed by atoms with Gasteiger partial charge >= 0.3 is 0 Å². The maximum atomic E-state index is 14.4. The van der Waals surface area contributed by atoms with Crippen molar-refractivity contribution in [1.29, 1.82) is 0 Å². The van der Waals surface area contributed by atoms with E-state index in [0.717, 1.165) is 27.3 Å². The van der Waals surface area contributed by atoms with Crippen LogP contribution in [0.5, 0.6) is 5.75 Å². The summed E-state index contributed by atoms with van der Waals surface area (Å²) in [6.45, 7) is 1.93. The van der Waals surface area contributed by atoms with Crippen molar-refractivity contribution in [1.82, 2.24) is 5.32 Å². The van der Waals surface area contributed by atoms with E-state index < -0.39 is 28.3 Å². The molecular weight excluding hydrogens is 427 g/mol. The summed E-state index contributed by atoms with van der Waals surface area (Å²) in [6.07, 6.45) is 0. The molecule has 6 nitrogen and oxygen atoms in total. The van der Waals surface area contributed by atoms with E-state index in [-0.39, 0.29) is 16.4 Å². The minimum Gasteiger partial charge on any atom is -0.494 e. The van der Waals surface area contributed by atoms with Crippen molar-refractivity contribution in [3.63, 3.8) is 0 Å². The number of thiophene rings is 1. The highest BCUT2D eigenvalue weighted by atomic mass is 32.2. The van der Waals surface area contributed by atoms with E-state index >= 15 is 0 Å². The average molecular weight is 449 g/mol. The van der Waals surface area contributed by atoms with Crippen LogP contribution >= 0.6 is 11.3 Å². The topological polar surface area (TPSA) is 75.7 Å². The molecule has 0 saturated heterocycles. The molecule has 2 aromatic carbocycles. The second-order valence-electron chi connectivity index (χ2n) is 6.21. The van der Waals surface area contributed by atoms with Gasteiger partial charge in [-0.05, 0) is 36.6 Å². The molecule has 0 unspecified atom stereocenters. The highest BCUT2D eigenvalue weighted by Gasteiger charge is 2.29. The smallest absolute Gasteiger partial charge is 0.274 e. The van der Waals surface area contributed by atoms with E-state index in [1.54, 1.807) is 17.5 Å². The van der Waals surface area contributed by atoms with Gasteiger partial charge in [0, 0.05) is 12.1 Å². The number of anilines is 1. The van der Waals surface area contributed by atoms with Gasteiger partial charge in [0.05, 0.1) is 12.3 Å². The number of ether oxygens (including phenoxy) is 1. The fraction of sp³-hybridized carbons (Fsp3) is 0.190. The van der Waals surface area contributed by atoms with Crippen molar-refractivity contribution in [3.8, 4) is 5.75 Å². The van der Waals surface area contributed by atoms with Crippen molar-refractivity contribution < 1.29 is 22.3 Å². The molecular formula is C21H21FN2O4S2. The van der Waals surface area contributed by atoms with E-state index in [2.05, 4.69) is 5.32 Å². The minimum absolute atomic E-state index is 0.0280. The largest absolute Gasteiger partial charge is 0.494 e. The summed E-state index contributed by atoms with van der Waals surface area (Å²) in [5.41, 5.74) is 0.571. The Kier molecular flexibility index (Phi) is 7.07.